The molecule has 0 unspecified atom stereocenters. The van der Waals surface area contributed by atoms with Gasteiger partial charge in [0.1, 0.15) is 0 Å². The normalized spacial score (nSPS) is 24.2. The second-order valence-corrected chi connectivity index (χ2v) is 6.49. The summed E-state index contributed by atoms with van der Waals surface area (Å²) >= 11 is 0. The minimum absolute atomic E-state index is 0.127. The molecule has 1 aliphatic carbocycles. The largest absolute Gasteiger partial charge is 0.335 e. The van der Waals surface area contributed by atoms with Gasteiger partial charge in [-0.05, 0) is 51.6 Å². The van der Waals surface area contributed by atoms with Gasteiger partial charge in [-0.3, -0.25) is 0 Å². The lowest BCUT2D eigenvalue weighted by molar-refractivity contribution is 0.213. The average molecular weight is 279 g/mol. The number of terminal acetylenes is 1. The molecule has 2 amide bonds. The standard InChI is InChI=1S/C16H29N3O/c1-6-15(12(2)3)18-16(20)17-14-9-7-13(8-10-14)11-19(4)5/h1,12-15H,7-11H2,2-5H3,(H2,17,18,20)/t13?,14?,15-/m0/s1. The molecule has 114 valence electrons. The zero-order chi connectivity index (χ0) is 15.1. The van der Waals surface area contributed by atoms with Gasteiger partial charge in [-0.1, -0.05) is 19.8 Å². The lowest BCUT2D eigenvalue weighted by atomic mass is 9.86. The fourth-order valence-electron chi connectivity index (χ4n) is 2.77. The van der Waals surface area contributed by atoms with Crippen LogP contribution in [-0.4, -0.2) is 43.7 Å². The summed E-state index contributed by atoms with van der Waals surface area (Å²) in [5.41, 5.74) is 0. The van der Waals surface area contributed by atoms with E-state index in [0.29, 0.717) is 6.04 Å². The first-order chi connectivity index (χ1) is 9.42. The van der Waals surface area contributed by atoms with Gasteiger partial charge in [0, 0.05) is 12.6 Å². The summed E-state index contributed by atoms with van der Waals surface area (Å²) < 4.78 is 0. The van der Waals surface area contributed by atoms with Crippen molar-refractivity contribution < 1.29 is 4.79 Å². The van der Waals surface area contributed by atoms with E-state index in [4.69, 9.17) is 6.42 Å². The van der Waals surface area contributed by atoms with Crippen molar-refractivity contribution in [3.63, 3.8) is 0 Å². The van der Waals surface area contributed by atoms with Crippen LogP contribution in [0.15, 0.2) is 0 Å². The van der Waals surface area contributed by atoms with E-state index in [0.717, 1.165) is 25.3 Å². The Morgan fingerprint density at radius 3 is 2.35 bits per heavy atom. The third kappa shape index (κ3) is 5.83. The molecule has 4 heteroatoms. The summed E-state index contributed by atoms with van der Waals surface area (Å²) in [4.78, 5) is 14.2. The van der Waals surface area contributed by atoms with Crippen molar-refractivity contribution in [2.75, 3.05) is 20.6 Å². The lowest BCUT2D eigenvalue weighted by Crippen LogP contribution is -2.48. The van der Waals surface area contributed by atoms with E-state index in [2.05, 4.69) is 35.5 Å². The summed E-state index contributed by atoms with van der Waals surface area (Å²) in [6.07, 6.45) is 9.92. The molecule has 0 heterocycles. The molecular formula is C16H29N3O. The maximum Gasteiger partial charge on any atom is 0.315 e. The molecular weight excluding hydrogens is 250 g/mol. The van der Waals surface area contributed by atoms with Crippen LogP contribution in [-0.2, 0) is 0 Å². The fraction of sp³-hybridized carbons (Fsp3) is 0.812. The van der Waals surface area contributed by atoms with Crippen molar-refractivity contribution in [3.05, 3.63) is 0 Å². The molecule has 1 fully saturated rings. The Morgan fingerprint density at radius 1 is 1.30 bits per heavy atom. The maximum absolute atomic E-state index is 11.9. The van der Waals surface area contributed by atoms with Crippen molar-refractivity contribution in [3.8, 4) is 12.3 Å². The average Bonchev–Trinajstić information content (AvgIpc) is 2.37. The summed E-state index contributed by atoms with van der Waals surface area (Å²) in [6, 6.07) is -0.0308. The van der Waals surface area contributed by atoms with E-state index in [-0.39, 0.29) is 18.0 Å². The van der Waals surface area contributed by atoms with Crippen molar-refractivity contribution in [2.45, 2.75) is 51.6 Å². The highest BCUT2D eigenvalue weighted by Gasteiger charge is 2.23. The van der Waals surface area contributed by atoms with Gasteiger partial charge in [-0.25, -0.2) is 4.79 Å². The van der Waals surface area contributed by atoms with E-state index in [1.165, 1.54) is 12.8 Å². The molecule has 0 aromatic carbocycles. The van der Waals surface area contributed by atoms with Crippen LogP contribution in [0.3, 0.4) is 0 Å². The molecule has 1 rings (SSSR count). The van der Waals surface area contributed by atoms with Gasteiger partial charge in [0.2, 0.25) is 0 Å². The number of amides is 2. The molecule has 0 aromatic heterocycles. The Kier molecular flexibility index (Phi) is 6.87. The Bertz CT molecular complexity index is 338. The molecule has 0 aromatic rings. The minimum atomic E-state index is -0.194. The van der Waals surface area contributed by atoms with Gasteiger partial charge in [-0.15, -0.1) is 6.42 Å². The van der Waals surface area contributed by atoms with Crippen LogP contribution in [0.1, 0.15) is 39.5 Å². The highest BCUT2D eigenvalue weighted by atomic mass is 16.2. The minimum Gasteiger partial charge on any atom is -0.335 e. The van der Waals surface area contributed by atoms with E-state index in [9.17, 15) is 4.79 Å². The summed E-state index contributed by atoms with van der Waals surface area (Å²) in [5, 5.41) is 5.92. The predicted molar refractivity (Wildman–Crippen MR) is 83.4 cm³/mol. The number of hydrogen-bond acceptors (Lipinski definition) is 2. The van der Waals surface area contributed by atoms with Crippen LogP contribution in [0.2, 0.25) is 0 Å². The molecule has 0 aliphatic heterocycles. The number of hydrogen-bond donors (Lipinski definition) is 2. The fourth-order valence-corrected chi connectivity index (χ4v) is 2.77. The van der Waals surface area contributed by atoms with Crippen LogP contribution in [0.5, 0.6) is 0 Å². The van der Waals surface area contributed by atoms with Crippen LogP contribution in [0.4, 0.5) is 4.79 Å². The van der Waals surface area contributed by atoms with Gasteiger partial charge in [0.25, 0.3) is 0 Å². The number of urea groups is 1. The van der Waals surface area contributed by atoms with Crippen molar-refractivity contribution in [1.29, 1.82) is 0 Å². The van der Waals surface area contributed by atoms with Gasteiger partial charge in [0.05, 0.1) is 6.04 Å². The molecule has 0 radical (unpaired) electrons. The molecule has 0 spiro atoms. The first-order valence-corrected chi connectivity index (χ1v) is 7.60. The first-order valence-electron chi connectivity index (χ1n) is 7.60. The van der Waals surface area contributed by atoms with Crippen LogP contribution in [0, 0.1) is 24.2 Å². The predicted octanol–water partition coefficient (Wildman–Crippen LogP) is 2.06. The number of nitrogens with zero attached hydrogens (tertiary/aromatic N) is 1. The molecule has 1 atom stereocenters. The topological polar surface area (TPSA) is 44.4 Å². The quantitative estimate of drug-likeness (QED) is 0.757. The molecule has 1 aliphatic rings. The smallest absolute Gasteiger partial charge is 0.315 e. The summed E-state index contributed by atoms with van der Waals surface area (Å²) in [7, 11) is 4.23. The molecule has 2 N–H and O–H groups in total. The third-order valence-corrected chi connectivity index (χ3v) is 3.94. The van der Waals surface area contributed by atoms with Crippen LogP contribution < -0.4 is 10.6 Å². The van der Waals surface area contributed by atoms with Crippen LogP contribution >= 0.6 is 0 Å². The van der Waals surface area contributed by atoms with Gasteiger partial charge >= 0.3 is 6.03 Å². The highest BCUT2D eigenvalue weighted by molar-refractivity contribution is 5.75. The lowest BCUT2D eigenvalue weighted by Gasteiger charge is -2.31. The molecule has 0 bridgehead atoms. The Balaban J connectivity index is 2.29. The SMILES string of the molecule is C#C[C@H](NC(=O)NC1CCC(CN(C)C)CC1)C(C)C. The Morgan fingerprint density at radius 2 is 1.90 bits per heavy atom. The van der Waals surface area contributed by atoms with E-state index in [1.807, 2.05) is 13.8 Å². The third-order valence-electron chi connectivity index (χ3n) is 3.94. The first kappa shape index (κ1) is 16.8. The second kappa shape index (κ2) is 8.16. The highest BCUT2D eigenvalue weighted by Crippen LogP contribution is 2.24. The zero-order valence-electron chi connectivity index (χ0n) is 13.3. The number of carbonyl (C=O) groups is 1. The number of carbonyl (C=O) groups excluding carboxylic acids is 1. The summed E-state index contributed by atoms with van der Waals surface area (Å²) in [5.74, 6) is 3.64. The van der Waals surface area contributed by atoms with Gasteiger partial charge in [-0.2, -0.15) is 0 Å². The van der Waals surface area contributed by atoms with E-state index >= 15 is 0 Å². The Hall–Kier alpha value is -1.21. The van der Waals surface area contributed by atoms with Crippen molar-refractivity contribution in [2.24, 2.45) is 11.8 Å². The number of nitrogens with one attached hydrogen (secondary N) is 2. The molecule has 20 heavy (non-hydrogen) atoms. The zero-order valence-corrected chi connectivity index (χ0v) is 13.3. The Labute approximate surface area is 123 Å². The van der Waals surface area contributed by atoms with Crippen molar-refractivity contribution in [1.82, 2.24) is 15.5 Å². The monoisotopic (exact) mass is 279 g/mol. The maximum atomic E-state index is 11.9. The number of rotatable bonds is 5. The summed E-state index contributed by atoms with van der Waals surface area (Å²) in [6.45, 7) is 5.17. The molecule has 0 saturated heterocycles. The van der Waals surface area contributed by atoms with E-state index < -0.39 is 0 Å². The molecule has 1 saturated carbocycles. The van der Waals surface area contributed by atoms with E-state index in [1.54, 1.807) is 0 Å². The van der Waals surface area contributed by atoms with Gasteiger partial charge < -0.3 is 15.5 Å². The van der Waals surface area contributed by atoms with Crippen LogP contribution in [0.25, 0.3) is 0 Å². The van der Waals surface area contributed by atoms with Crippen molar-refractivity contribution >= 4 is 6.03 Å². The van der Waals surface area contributed by atoms with Gasteiger partial charge in [0.15, 0.2) is 0 Å². The molecule has 4 nitrogen and oxygen atoms in total. The second-order valence-electron chi connectivity index (χ2n) is 6.49.